The minimum atomic E-state index is -0.0518. The average Bonchev–Trinajstić information content (AvgIpc) is 2.43. The van der Waals surface area contributed by atoms with Crippen LogP contribution in [0.2, 0.25) is 0 Å². The van der Waals surface area contributed by atoms with Crippen molar-refractivity contribution in [3.05, 3.63) is 24.3 Å². The van der Waals surface area contributed by atoms with Gasteiger partial charge >= 0.3 is 0 Å². The number of nitrogens with two attached hydrogens (primary N) is 1. The van der Waals surface area contributed by atoms with E-state index in [0.717, 1.165) is 12.8 Å². The fourth-order valence-corrected chi connectivity index (χ4v) is 2.68. The van der Waals surface area contributed by atoms with Crippen molar-refractivity contribution in [2.75, 3.05) is 17.7 Å². The van der Waals surface area contributed by atoms with Gasteiger partial charge in [-0.15, -0.1) is 0 Å². The van der Waals surface area contributed by atoms with Crippen molar-refractivity contribution in [2.45, 2.75) is 52.1 Å². The zero-order valence-corrected chi connectivity index (χ0v) is 13.0. The van der Waals surface area contributed by atoms with Crippen LogP contribution in [0.3, 0.4) is 0 Å². The van der Waals surface area contributed by atoms with Crippen LogP contribution in [0.4, 0.5) is 11.4 Å². The summed E-state index contributed by atoms with van der Waals surface area (Å²) in [6, 6.07) is 7.28. The predicted molar refractivity (Wildman–Crippen MR) is 86.1 cm³/mol. The lowest BCUT2D eigenvalue weighted by Gasteiger charge is -2.34. The Morgan fingerprint density at radius 1 is 1.33 bits per heavy atom. The number of nitrogen functional groups attached to an aromatic ring is 1. The molecule has 4 heteroatoms. The summed E-state index contributed by atoms with van der Waals surface area (Å²) in [4.78, 5) is 11.9. The van der Waals surface area contributed by atoms with Crippen molar-refractivity contribution in [3.63, 3.8) is 0 Å². The highest BCUT2D eigenvalue weighted by atomic mass is 16.5. The van der Waals surface area contributed by atoms with E-state index < -0.39 is 0 Å². The minimum Gasteiger partial charge on any atom is -0.397 e. The molecule has 0 heterocycles. The van der Waals surface area contributed by atoms with E-state index in [1.807, 2.05) is 12.1 Å². The molecule has 0 atom stereocenters. The quantitative estimate of drug-likeness (QED) is 0.815. The van der Waals surface area contributed by atoms with E-state index in [-0.39, 0.29) is 5.91 Å². The van der Waals surface area contributed by atoms with Gasteiger partial charge in [-0.2, -0.15) is 0 Å². The third-order valence-corrected chi connectivity index (χ3v) is 4.20. The van der Waals surface area contributed by atoms with Gasteiger partial charge in [0.25, 0.3) is 0 Å². The number of hydrogen-bond acceptors (Lipinski definition) is 3. The second kappa shape index (κ2) is 6.94. The van der Waals surface area contributed by atoms with Crippen molar-refractivity contribution >= 4 is 17.3 Å². The van der Waals surface area contributed by atoms with Gasteiger partial charge in [0.2, 0.25) is 5.91 Å². The molecule has 0 aliphatic heterocycles. The van der Waals surface area contributed by atoms with Crippen molar-refractivity contribution in [2.24, 2.45) is 5.41 Å². The highest BCUT2D eigenvalue weighted by Crippen LogP contribution is 2.36. The maximum Gasteiger partial charge on any atom is 0.226 e. The molecule has 4 nitrogen and oxygen atoms in total. The number of carbonyl (C=O) groups is 1. The zero-order chi connectivity index (χ0) is 15.3. The molecule has 1 amide bonds. The number of nitrogens with one attached hydrogen (secondary N) is 1. The number of ether oxygens (including phenoxy) is 1. The SMILES string of the molecule is CC1(C)CCC(OCCC(=O)Nc2ccccc2N)CC1. The fraction of sp³-hybridized carbons (Fsp3) is 0.588. The lowest BCUT2D eigenvalue weighted by atomic mass is 9.76. The molecule has 0 unspecified atom stereocenters. The summed E-state index contributed by atoms with van der Waals surface area (Å²) in [5.74, 6) is -0.0518. The van der Waals surface area contributed by atoms with Crippen LogP contribution < -0.4 is 11.1 Å². The third kappa shape index (κ3) is 5.05. The van der Waals surface area contributed by atoms with Crippen LogP contribution in [-0.2, 0) is 9.53 Å². The summed E-state index contributed by atoms with van der Waals surface area (Å²) in [6.45, 7) is 5.09. The molecule has 0 saturated heterocycles. The van der Waals surface area contributed by atoms with Gasteiger partial charge in [0.1, 0.15) is 0 Å². The Morgan fingerprint density at radius 2 is 2.00 bits per heavy atom. The Kier molecular flexibility index (Phi) is 5.23. The molecule has 0 spiro atoms. The fourth-order valence-electron chi connectivity index (χ4n) is 2.68. The number of anilines is 2. The molecular weight excluding hydrogens is 264 g/mol. The first kappa shape index (κ1) is 15.8. The Hall–Kier alpha value is -1.55. The van der Waals surface area contributed by atoms with Crippen LogP contribution in [0, 0.1) is 5.41 Å². The summed E-state index contributed by atoms with van der Waals surface area (Å²) in [7, 11) is 0. The molecule has 1 fully saturated rings. The maximum atomic E-state index is 11.9. The molecule has 1 aliphatic rings. The highest BCUT2D eigenvalue weighted by Gasteiger charge is 2.27. The normalized spacial score (nSPS) is 18.4. The van der Waals surface area contributed by atoms with Crippen LogP contribution in [0.5, 0.6) is 0 Å². The van der Waals surface area contributed by atoms with Crippen LogP contribution in [0.15, 0.2) is 24.3 Å². The van der Waals surface area contributed by atoms with Crippen LogP contribution in [0.25, 0.3) is 0 Å². The summed E-state index contributed by atoms with van der Waals surface area (Å²) in [5, 5.41) is 2.82. The van der Waals surface area contributed by atoms with Gasteiger partial charge in [0, 0.05) is 0 Å². The molecule has 1 aliphatic carbocycles. The first-order valence-corrected chi connectivity index (χ1v) is 7.72. The standard InChI is InChI=1S/C17H26N2O2/c1-17(2)10-7-13(8-11-17)21-12-9-16(20)19-15-6-4-3-5-14(15)18/h3-6,13H,7-12,18H2,1-2H3,(H,19,20). The number of hydrogen-bond donors (Lipinski definition) is 2. The van der Waals surface area contributed by atoms with Crippen molar-refractivity contribution in [3.8, 4) is 0 Å². The molecule has 1 aromatic rings. The molecule has 21 heavy (non-hydrogen) atoms. The second-order valence-electron chi connectivity index (χ2n) is 6.62. The first-order valence-electron chi connectivity index (χ1n) is 7.72. The minimum absolute atomic E-state index is 0.0518. The maximum absolute atomic E-state index is 11.9. The average molecular weight is 290 g/mol. The topological polar surface area (TPSA) is 64.3 Å². The highest BCUT2D eigenvalue weighted by molar-refractivity contribution is 5.93. The number of benzene rings is 1. The first-order chi connectivity index (χ1) is 9.96. The number of rotatable bonds is 5. The van der Waals surface area contributed by atoms with Gasteiger partial charge < -0.3 is 15.8 Å². The van der Waals surface area contributed by atoms with E-state index in [2.05, 4.69) is 19.2 Å². The van der Waals surface area contributed by atoms with Gasteiger partial charge in [-0.05, 0) is 43.2 Å². The summed E-state index contributed by atoms with van der Waals surface area (Å²) in [5.41, 5.74) is 7.49. The number of carbonyl (C=O) groups excluding carboxylic acids is 1. The summed E-state index contributed by atoms with van der Waals surface area (Å²) >= 11 is 0. The lowest BCUT2D eigenvalue weighted by Crippen LogP contribution is -2.27. The van der Waals surface area contributed by atoms with Gasteiger partial charge in [-0.3, -0.25) is 4.79 Å². The third-order valence-electron chi connectivity index (χ3n) is 4.20. The van der Waals surface area contributed by atoms with Gasteiger partial charge in [-0.25, -0.2) is 0 Å². The number of amides is 1. The van der Waals surface area contributed by atoms with Crippen LogP contribution in [-0.4, -0.2) is 18.6 Å². The Labute approximate surface area is 127 Å². The van der Waals surface area contributed by atoms with Crippen molar-refractivity contribution < 1.29 is 9.53 Å². The lowest BCUT2D eigenvalue weighted by molar-refractivity contribution is -0.118. The van der Waals surface area contributed by atoms with E-state index in [1.165, 1.54) is 12.8 Å². The van der Waals surface area contributed by atoms with Gasteiger partial charge in [-0.1, -0.05) is 26.0 Å². The molecule has 1 saturated carbocycles. The van der Waals surface area contributed by atoms with Crippen LogP contribution >= 0.6 is 0 Å². The zero-order valence-electron chi connectivity index (χ0n) is 13.0. The number of para-hydroxylation sites is 2. The van der Waals surface area contributed by atoms with Gasteiger partial charge in [0.05, 0.1) is 30.5 Å². The monoisotopic (exact) mass is 290 g/mol. The molecule has 3 N–H and O–H groups in total. The van der Waals surface area contributed by atoms with Crippen LogP contribution in [0.1, 0.15) is 46.0 Å². The summed E-state index contributed by atoms with van der Waals surface area (Å²) in [6.07, 6.45) is 5.27. The Balaban J connectivity index is 1.67. The van der Waals surface area contributed by atoms with Gasteiger partial charge in [0.15, 0.2) is 0 Å². The second-order valence-corrected chi connectivity index (χ2v) is 6.62. The predicted octanol–water partition coefficient (Wildman–Crippen LogP) is 3.58. The van der Waals surface area contributed by atoms with E-state index in [1.54, 1.807) is 12.1 Å². The summed E-state index contributed by atoms with van der Waals surface area (Å²) < 4.78 is 5.82. The molecular formula is C17H26N2O2. The molecule has 0 radical (unpaired) electrons. The van der Waals surface area contributed by atoms with Crippen molar-refractivity contribution in [1.82, 2.24) is 0 Å². The van der Waals surface area contributed by atoms with E-state index in [0.29, 0.717) is 35.9 Å². The van der Waals surface area contributed by atoms with E-state index in [4.69, 9.17) is 10.5 Å². The van der Waals surface area contributed by atoms with E-state index >= 15 is 0 Å². The largest absolute Gasteiger partial charge is 0.397 e. The molecule has 0 aromatic heterocycles. The molecule has 0 bridgehead atoms. The molecule has 116 valence electrons. The van der Waals surface area contributed by atoms with Crippen molar-refractivity contribution in [1.29, 1.82) is 0 Å². The Bertz CT molecular complexity index is 475. The molecule has 1 aromatic carbocycles. The molecule has 2 rings (SSSR count). The Morgan fingerprint density at radius 3 is 2.67 bits per heavy atom. The smallest absolute Gasteiger partial charge is 0.226 e. The van der Waals surface area contributed by atoms with E-state index in [9.17, 15) is 4.79 Å².